The Morgan fingerprint density at radius 2 is 2.06 bits per heavy atom. The Bertz CT molecular complexity index is 1480. The molecule has 2 aromatic heterocycles. The molecule has 4 amide bonds. The first-order valence-corrected chi connectivity index (χ1v) is 12.4. The maximum Gasteiger partial charge on any atom is 0.333 e. The molecule has 13 heteroatoms. The minimum atomic E-state index is -4.19. The number of thioether (sulfide) groups is 1. The van der Waals surface area contributed by atoms with E-state index in [1.165, 1.54) is 24.4 Å². The summed E-state index contributed by atoms with van der Waals surface area (Å²) in [5.41, 5.74) is 0.600. The largest absolute Gasteiger partial charge is 0.361 e. The van der Waals surface area contributed by atoms with Gasteiger partial charge in [-0.25, -0.2) is 32.2 Å². The number of carbonyl (C=O) groups excluding carboxylic acids is 3. The van der Waals surface area contributed by atoms with E-state index in [1.54, 1.807) is 23.1 Å². The average Bonchev–Trinajstić information content (AvgIpc) is 3.42. The molecule has 0 fully saturated rings. The number of allylic oxidation sites excluding steroid dienone is 1. The van der Waals surface area contributed by atoms with Gasteiger partial charge in [-0.05, 0) is 35.9 Å². The van der Waals surface area contributed by atoms with E-state index in [2.05, 4.69) is 15.3 Å². The Balaban J connectivity index is 1.30. The number of rotatable bonds is 4. The summed E-state index contributed by atoms with van der Waals surface area (Å²) in [7, 11) is -4.19. The number of amides is 4. The van der Waals surface area contributed by atoms with Gasteiger partial charge in [0.2, 0.25) is 5.91 Å². The summed E-state index contributed by atoms with van der Waals surface area (Å²) in [4.78, 5) is 45.9. The molecule has 174 valence electrons. The Morgan fingerprint density at radius 1 is 1.24 bits per heavy atom. The number of benzene rings is 1. The van der Waals surface area contributed by atoms with Gasteiger partial charge in [0, 0.05) is 29.1 Å². The van der Waals surface area contributed by atoms with Crippen molar-refractivity contribution >= 4 is 62.0 Å². The number of H-pyrrole nitrogens is 1. The van der Waals surface area contributed by atoms with Crippen LogP contribution in [0.4, 0.5) is 20.7 Å². The second-order valence-electron chi connectivity index (χ2n) is 7.54. The number of imide groups is 1. The molecule has 3 aromatic rings. The van der Waals surface area contributed by atoms with E-state index < -0.39 is 33.4 Å². The van der Waals surface area contributed by atoms with Gasteiger partial charge in [-0.2, -0.15) is 0 Å². The lowest BCUT2D eigenvalue weighted by Crippen LogP contribution is -2.43. The van der Waals surface area contributed by atoms with Gasteiger partial charge in [-0.15, -0.1) is 0 Å². The summed E-state index contributed by atoms with van der Waals surface area (Å²) < 4.78 is 39.1. The number of carbonyl (C=O) groups is 3. The van der Waals surface area contributed by atoms with Crippen LogP contribution in [0.1, 0.15) is 22.3 Å². The van der Waals surface area contributed by atoms with E-state index >= 15 is 0 Å². The van der Waals surface area contributed by atoms with Gasteiger partial charge in [0.05, 0.1) is 18.3 Å². The molecule has 3 N–H and O–H groups in total. The number of halogens is 1. The van der Waals surface area contributed by atoms with Gasteiger partial charge < -0.3 is 10.3 Å². The first kappa shape index (κ1) is 22.1. The third-order valence-electron chi connectivity index (χ3n) is 5.24. The van der Waals surface area contributed by atoms with Gasteiger partial charge in [0.25, 0.3) is 15.9 Å². The molecule has 4 heterocycles. The van der Waals surface area contributed by atoms with Crippen LogP contribution in [0, 0.1) is 0 Å². The average molecular weight is 502 g/mol. The van der Waals surface area contributed by atoms with Crippen LogP contribution in [0.5, 0.6) is 0 Å². The first-order chi connectivity index (χ1) is 16.2. The molecule has 0 saturated carbocycles. The number of alkyl halides is 1. The number of aromatic amines is 1. The van der Waals surface area contributed by atoms with E-state index in [0.29, 0.717) is 22.9 Å². The Kier molecular flexibility index (Phi) is 5.37. The molecular formula is C21H16FN5O5S2. The van der Waals surface area contributed by atoms with Crippen molar-refractivity contribution in [3.63, 3.8) is 0 Å². The van der Waals surface area contributed by atoms with Gasteiger partial charge in [0.15, 0.2) is 5.50 Å². The highest BCUT2D eigenvalue weighted by Gasteiger charge is 2.33. The van der Waals surface area contributed by atoms with Crippen molar-refractivity contribution in [2.24, 2.45) is 0 Å². The lowest BCUT2D eigenvalue weighted by molar-refractivity contribution is -0.117. The molecule has 0 bridgehead atoms. The van der Waals surface area contributed by atoms with E-state index in [-0.39, 0.29) is 28.6 Å². The predicted molar refractivity (Wildman–Crippen MR) is 124 cm³/mol. The number of nitrogens with one attached hydrogen (secondary N) is 3. The Morgan fingerprint density at radius 3 is 2.76 bits per heavy atom. The number of pyridine rings is 1. The minimum absolute atomic E-state index is 0.0194. The molecule has 2 aliphatic heterocycles. The topological polar surface area (TPSA) is 141 Å². The van der Waals surface area contributed by atoms with Crippen molar-refractivity contribution in [3.05, 3.63) is 64.2 Å². The van der Waals surface area contributed by atoms with Crippen LogP contribution in [0.3, 0.4) is 0 Å². The maximum atomic E-state index is 13.2. The van der Waals surface area contributed by atoms with Crippen molar-refractivity contribution < 1.29 is 27.2 Å². The molecule has 0 aliphatic carbocycles. The fraction of sp³-hybridized carbons (Fsp3) is 0.143. The Hall–Kier alpha value is -3.71. The summed E-state index contributed by atoms with van der Waals surface area (Å²) in [6, 6.07) is 6.99. The van der Waals surface area contributed by atoms with Crippen LogP contribution in [0.15, 0.2) is 53.0 Å². The van der Waals surface area contributed by atoms with Crippen molar-refractivity contribution in [1.29, 1.82) is 0 Å². The molecule has 1 aromatic carbocycles. The smallest absolute Gasteiger partial charge is 0.333 e. The normalized spacial score (nSPS) is 18.1. The number of nitrogens with zero attached hydrogens (tertiary/aromatic N) is 2. The predicted octanol–water partition coefficient (Wildman–Crippen LogP) is 3.02. The highest BCUT2D eigenvalue weighted by atomic mass is 32.3. The molecular weight excluding hydrogens is 485 g/mol. The molecule has 5 rings (SSSR count). The number of hydrogen-bond donors (Lipinski definition) is 3. The first-order valence-electron chi connectivity index (χ1n) is 9.99. The third-order valence-corrected chi connectivity index (χ3v) is 8.19. The molecule has 2 aliphatic rings. The Labute approximate surface area is 196 Å². The molecule has 0 saturated heterocycles. The zero-order valence-electron chi connectivity index (χ0n) is 17.2. The quantitative estimate of drug-likeness (QED) is 0.467. The van der Waals surface area contributed by atoms with Crippen LogP contribution >= 0.6 is 11.8 Å². The highest BCUT2D eigenvalue weighted by Crippen LogP contribution is 2.36. The van der Waals surface area contributed by atoms with Crippen LogP contribution in [0.2, 0.25) is 0 Å². The fourth-order valence-corrected chi connectivity index (χ4v) is 6.00. The van der Waals surface area contributed by atoms with Crippen molar-refractivity contribution in [1.82, 2.24) is 14.7 Å². The number of aromatic nitrogens is 2. The zero-order chi connectivity index (χ0) is 24.0. The summed E-state index contributed by atoms with van der Waals surface area (Å²) in [6.07, 6.45) is 4.10. The number of hydrogen-bond acceptors (Lipinski definition) is 7. The molecule has 1 atom stereocenters. The van der Waals surface area contributed by atoms with Gasteiger partial charge in [-0.3, -0.25) is 9.59 Å². The van der Waals surface area contributed by atoms with Crippen molar-refractivity contribution in [2.45, 2.75) is 18.3 Å². The standard InChI is InChI=1S/C21H16FN5O5S2/c22-16-2-4-19(33-16)34(31,32)26-21(30)25-13-1-3-17(24-10-13)27-18(28)9-12-8-15-11(5-6-23-15)7-14(12)20(27)29/h1,3-8,10,16,23H,2,9H2,(H2,25,26,30). The van der Waals surface area contributed by atoms with E-state index in [0.717, 1.165) is 15.8 Å². The third kappa shape index (κ3) is 4.03. The van der Waals surface area contributed by atoms with Crippen LogP contribution in [-0.4, -0.2) is 41.7 Å². The summed E-state index contributed by atoms with van der Waals surface area (Å²) >= 11 is 0.516. The van der Waals surface area contributed by atoms with Gasteiger partial charge >= 0.3 is 6.03 Å². The minimum Gasteiger partial charge on any atom is -0.361 e. The van der Waals surface area contributed by atoms with E-state index in [9.17, 15) is 27.2 Å². The van der Waals surface area contributed by atoms with E-state index in [1.807, 2.05) is 6.07 Å². The van der Waals surface area contributed by atoms with Crippen LogP contribution in [-0.2, 0) is 21.2 Å². The maximum absolute atomic E-state index is 13.2. The highest BCUT2D eigenvalue weighted by molar-refractivity contribution is 8.18. The zero-order valence-corrected chi connectivity index (χ0v) is 18.9. The summed E-state index contributed by atoms with van der Waals surface area (Å²) in [5, 5.41) is 3.14. The second-order valence-corrected chi connectivity index (χ2v) is 10.6. The monoisotopic (exact) mass is 501 g/mol. The van der Waals surface area contributed by atoms with Crippen LogP contribution < -0.4 is 14.9 Å². The number of sulfonamides is 1. The van der Waals surface area contributed by atoms with Crippen LogP contribution in [0.25, 0.3) is 10.9 Å². The number of urea groups is 1. The molecule has 34 heavy (non-hydrogen) atoms. The van der Waals surface area contributed by atoms with Gasteiger partial charge in [-0.1, -0.05) is 17.8 Å². The second kappa shape index (κ2) is 8.25. The lowest BCUT2D eigenvalue weighted by atomic mass is 9.96. The lowest BCUT2D eigenvalue weighted by Gasteiger charge is -2.26. The van der Waals surface area contributed by atoms with E-state index in [4.69, 9.17) is 0 Å². The SMILES string of the molecule is O=C(Nc1ccc(N2C(=O)Cc3cc4[nH]ccc4cc3C2=O)nc1)NS(=O)(=O)C1=CCC(F)S1. The number of fused-ring (bicyclic) bond motifs is 2. The fourth-order valence-electron chi connectivity index (χ4n) is 3.70. The van der Waals surface area contributed by atoms with Crippen molar-refractivity contribution in [2.75, 3.05) is 10.2 Å². The molecule has 0 radical (unpaired) electrons. The number of anilines is 2. The summed E-state index contributed by atoms with van der Waals surface area (Å²) in [5.74, 6) is -0.899. The summed E-state index contributed by atoms with van der Waals surface area (Å²) in [6.45, 7) is 0. The van der Waals surface area contributed by atoms with Gasteiger partial charge in [0.1, 0.15) is 10.1 Å². The molecule has 1 unspecified atom stereocenters. The van der Waals surface area contributed by atoms with Crippen molar-refractivity contribution in [3.8, 4) is 0 Å². The molecule has 0 spiro atoms. The molecule has 10 nitrogen and oxygen atoms in total.